The second-order valence-corrected chi connectivity index (χ2v) is 7.65. The summed E-state index contributed by atoms with van der Waals surface area (Å²) in [6.45, 7) is 5.15. The highest BCUT2D eigenvalue weighted by molar-refractivity contribution is 6.09. The number of para-hydroxylation sites is 1. The molecule has 0 aliphatic heterocycles. The van der Waals surface area contributed by atoms with Crippen molar-refractivity contribution in [1.82, 2.24) is 5.32 Å². The number of carbonyl (C=O) groups is 2. The lowest BCUT2D eigenvalue weighted by Crippen LogP contribution is -2.38. The lowest BCUT2D eigenvalue weighted by molar-refractivity contribution is -0.128. The van der Waals surface area contributed by atoms with Crippen molar-refractivity contribution in [2.75, 3.05) is 26.6 Å². The summed E-state index contributed by atoms with van der Waals surface area (Å²) < 4.78 is 30.0. The first-order valence-electron chi connectivity index (χ1n) is 9.49. The normalized spacial score (nSPS) is 11.5. The molecule has 0 aromatic heterocycles. The lowest BCUT2D eigenvalue weighted by atomic mass is 9.95. The Labute approximate surface area is 181 Å². The summed E-state index contributed by atoms with van der Waals surface area (Å²) >= 11 is 0. The van der Waals surface area contributed by atoms with Crippen LogP contribution in [-0.2, 0) is 9.59 Å². The first-order valence-corrected chi connectivity index (χ1v) is 9.49. The molecule has 0 atom stereocenters. The molecule has 0 aliphatic rings. The zero-order valence-electron chi connectivity index (χ0n) is 18.5. The molecule has 0 spiro atoms. The molecule has 0 aliphatic carbocycles. The number of amides is 2. The first kappa shape index (κ1) is 23.7. The third-order valence-corrected chi connectivity index (χ3v) is 4.29. The van der Waals surface area contributed by atoms with Gasteiger partial charge in [-0.15, -0.1) is 0 Å². The van der Waals surface area contributed by atoms with Crippen LogP contribution in [0.25, 0.3) is 6.08 Å². The molecule has 7 nitrogen and oxygen atoms in total. The number of rotatable bonds is 7. The fourth-order valence-corrected chi connectivity index (χ4v) is 2.57. The third-order valence-electron chi connectivity index (χ3n) is 4.29. The first-order chi connectivity index (χ1) is 14.6. The average molecular weight is 430 g/mol. The Morgan fingerprint density at radius 1 is 0.968 bits per heavy atom. The van der Waals surface area contributed by atoms with Crippen LogP contribution in [-0.4, -0.2) is 33.1 Å². The minimum absolute atomic E-state index is 0.00620. The van der Waals surface area contributed by atoms with Crippen molar-refractivity contribution in [2.45, 2.75) is 20.8 Å². The van der Waals surface area contributed by atoms with Crippen LogP contribution in [0.4, 0.5) is 10.1 Å². The van der Waals surface area contributed by atoms with E-state index >= 15 is 0 Å². The number of ether oxygens (including phenoxy) is 3. The molecule has 0 fully saturated rings. The second kappa shape index (κ2) is 9.97. The van der Waals surface area contributed by atoms with E-state index in [9.17, 15) is 14.0 Å². The fourth-order valence-electron chi connectivity index (χ4n) is 2.57. The van der Waals surface area contributed by atoms with E-state index in [-0.39, 0.29) is 17.3 Å². The van der Waals surface area contributed by atoms with Gasteiger partial charge >= 0.3 is 0 Å². The Bertz CT molecular complexity index is 971. The van der Waals surface area contributed by atoms with Crippen LogP contribution in [0.2, 0.25) is 0 Å². The number of carbonyl (C=O) groups excluding carboxylic acids is 2. The van der Waals surface area contributed by atoms with Gasteiger partial charge in [0.25, 0.3) is 5.91 Å². The molecule has 166 valence electrons. The minimum Gasteiger partial charge on any atom is -0.493 e. The van der Waals surface area contributed by atoms with E-state index in [1.807, 2.05) is 0 Å². The highest BCUT2D eigenvalue weighted by Crippen LogP contribution is 2.38. The molecule has 2 N–H and O–H groups in total. The van der Waals surface area contributed by atoms with Gasteiger partial charge in [-0.1, -0.05) is 32.9 Å². The smallest absolute Gasteiger partial charge is 0.272 e. The van der Waals surface area contributed by atoms with Gasteiger partial charge in [-0.2, -0.15) is 0 Å². The van der Waals surface area contributed by atoms with Crippen LogP contribution in [0.5, 0.6) is 17.2 Å². The maximum Gasteiger partial charge on any atom is 0.272 e. The van der Waals surface area contributed by atoms with E-state index in [1.165, 1.54) is 45.6 Å². The van der Waals surface area contributed by atoms with Crippen molar-refractivity contribution >= 4 is 23.6 Å². The van der Waals surface area contributed by atoms with Crippen LogP contribution in [0, 0.1) is 11.2 Å². The van der Waals surface area contributed by atoms with Gasteiger partial charge < -0.3 is 24.8 Å². The Balaban J connectivity index is 2.51. The van der Waals surface area contributed by atoms with Crippen molar-refractivity contribution in [3.05, 3.63) is 53.5 Å². The fraction of sp³-hybridized carbons (Fsp3) is 0.304. The summed E-state index contributed by atoms with van der Waals surface area (Å²) in [6.07, 6.45) is 1.45. The van der Waals surface area contributed by atoms with Crippen molar-refractivity contribution in [2.24, 2.45) is 5.41 Å². The highest BCUT2D eigenvalue weighted by Gasteiger charge is 2.25. The number of nitrogens with one attached hydrogen (secondary N) is 2. The molecule has 0 saturated heterocycles. The number of hydrogen-bond donors (Lipinski definition) is 2. The molecule has 31 heavy (non-hydrogen) atoms. The molecule has 2 rings (SSSR count). The van der Waals surface area contributed by atoms with Crippen LogP contribution < -0.4 is 24.8 Å². The summed E-state index contributed by atoms with van der Waals surface area (Å²) in [5, 5.41) is 5.11. The predicted octanol–water partition coefficient (Wildman–Crippen LogP) is 3.99. The largest absolute Gasteiger partial charge is 0.493 e. The summed E-state index contributed by atoms with van der Waals surface area (Å²) in [7, 11) is 4.42. The van der Waals surface area contributed by atoms with Crippen molar-refractivity contribution in [1.29, 1.82) is 0 Å². The van der Waals surface area contributed by atoms with Crippen molar-refractivity contribution in [3.8, 4) is 17.2 Å². The Hall–Kier alpha value is -3.55. The SMILES string of the molecule is COc1cc(/C=C(/NC(=O)C(C)(C)C)C(=O)Nc2ccccc2F)cc(OC)c1OC. The van der Waals surface area contributed by atoms with Crippen LogP contribution in [0.3, 0.4) is 0 Å². The molecule has 0 unspecified atom stereocenters. The maximum absolute atomic E-state index is 14.0. The lowest BCUT2D eigenvalue weighted by Gasteiger charge is -2.19. The van der Waals surface area contributed by atoms with Gasteiger partial charge in [0, 0.05) is 5.41 Å². The second-order valence-electron chi connectivity index (χ2n) is 7.65. The van der Waals surface area contributed by atoms with E-state index < -0.39 is 17.1 Å². The van der Waals surface area contributed by atoms with Gasteiger partial charge in [-0.3, -0.25) is 9.59 Å². The zero-order valence-corrected chi connectivity index (χ0v) is 18.5. The highest BCUT2D eigenvalue weighted by atomic mass is 19.1. The monoisotopic (exact) mass is 430 g/mol. The zero-order chi connectivity index (χ0) is 23.2. The number of hydrogen-bond acceptors (Lipinski definition) is 5. The number of benzene rings is 2. The topological polar surface area (TPSA) is 85.9 Å². The standard InChI is InChI=1S/C23H27FN2O5/c1-23(2,3)22(28)26-17(21(27)25-16-10-8-7-9-15(16)24)11-14-12-18(29-4)20(31-6)19(13-14)30-5/h7-13H,1-6H3,(H,25,27)(H,26,28)/b17-11+. The molecule has 2 amide bonds. The molecular formula is C23H27FN2O5. The number of anilines is 1. The molecular weight excluding hydrogens is 403 g/mol. The van der Waals surface area contributed by atoms with Gasteiger partial charge in [0.1, 0.15) is 11.5 Å². The van der Waals surface area contributed by atoms with E-state index in [4.69, 9.17) is 14.2 Å². The Morgan fingerprint density at radius 3 is 2.03 bits per heavy atom. The van der Waals surface area contributed by atoms with Gasteiger partial charge in [0.15, 0.2) is 11.5 Å². The van der Waals surface area contributed by atoms with Gasteiger partial charge in [-0.05, 0) is 35.9 Å². The van der Waals surface area contributed by atoms with E-state index in [0.29, 0.717) is 22.8 Å². The summed E-state index contributed by atoms with van der Waals surface area (Å²) in [4.78, 5) is 25.5. The van der Waals surface area contributed by atoms with E-state index in [0.717, 1.165) is 0 Å². The molecule has 0 bridgehead atoms. The quantitative estimate of drug-likeness (QED) is 0.649. The molecule has 0 saturated carbocycles. The van der Waals surface area contributed by atoms with Crippen molar-refractivity contribution < 1.29 is 28.2 Å². The van der Waals surface area contributed by atoms with Crippen molar-refractivity contribution in [3.63, 3.8) is 0 Å². The van der Waals surface area contributed by atoms with E-state index in [1.54, 1.807) is 39.0 Å². The molecule has 2 aromatic carbocycles. The number of methoxy groups -OCH3 is 3. The van der Waals surface area contributed by atoms with Gasteiger partial charge in [-0.25, -0.2) is 4.39 Å². The Kier molecular flexibility index (Phi) is 7.63. The third kappa shape index (κ3) is 5.97. The number of halogens is 1. The maximum atomic E-state index is 14.0. The van der Waals surface area contributed by atoms with Crippen LogP contribution in [0.15, 0.2) is 42.1 Å². The van der Waals surface area contributed by atoms with E-state index in [2.05, 4.69) is 10.6 Å². The van der Waals surface area contributed by atoms with Gasteiger partial charge in [0.05, 0.1) is 27.0 Å². The molecule has 8 heteroatoms. The van der Waals surface area contributed by atoms with Gasteiger partial charge in [0.2, 0.25) is 11.7 Å². The van der Waals surface area contributed by atoms with Crippen LogP contribution >= 0.6 is 0 Å². The molecule has 0 heterocycles. The summed E-state index contributed by atoms with van der Waals surface area (Å²) in [5.74, 6) is -0.511. The summed E-state index contributed by atoms with van der Waals surface area (Å²) in [6, 6.07) is 9.01. The molecule has 0 radical (unpaired) electrons. The Morgan fingerprint density at radius 2 is 1.55 bits per heavy atom. The average Bonchev–Trinajstić information content (AvgIpc) is 2.73. The minimum atomic E-state index is -0.757. The summed E-state index contributed by atoms with van der Waals surface area (Å²) in [5.41, 5.74) is -0.333. The predicted molar refractivity (Wildman–Crippen MR) is 117 cm³/mol. The molecule has 2 aromatic rings. The van der Waals surface area contributed by atoms with Crippen LogP contribution in [0.1, 0.15) is 26.3 Å².